The van der Waals surface area contributed by atoms with Gasteiger partial charge in [-0.05, 0) is 49.9 Å². The van der Waals surface area contributed by atoms with Crippen LogP contribution in [0.1, 0.15) is 16.8 Å². The van der Waals surface area contributed by atoms with Crippen molar-refractivity contribution in [1.82, 2.24) is 14.7 Å². The number of fused-ring (bicyclic) bond motifs is 2. The number of hydrogen-bond acceptors (Lipinski definition) is 5. The molecule has 2 aliphatic heterocycles. The van der Waals surface area contributed by atoms with Gasteiger partial charge in [-0.1, -0.05) is 18.2 Å². The highest BCUT2D eigenvalue weighted by molar-refractivity contribution is 6.04. The van der Waals surface area contributed by atoms with Crippen LogP contribution in [0.2, 0.25) is 0 Å². The molecule has 148 valence electrons. The molecule has 1 aromatic heterocycles. The topological polar surface area (TPSA) is 85.4 Å². The second-order valence-electron chi connectivity index (χ2n) is 7.86. The van der Waals surface area contributed by atoms with E-state index in [0.717, 1.165) is 48.9 Å². The highest BCUT2D eigenvalue weighted by Gasteiger charge is 2.47. The number of nitrogens with one attached hydrogen (secondary N) is 1. The second kappa shape index (κ2) is 6.63. The second-order valence-corrected chi connectivity index (χ2v) is 7.86. The zero-order chi connectivity index (χ0) is 20.0. The van der Waals surface area contributed by atoms with Crippen LogP contribution in [0, 0.1) is 0 Å². The van der Waals surface area contributed by atoms with Gasteiger partial charge < -0.3 is 20.7 Å². The molecule has 1 saturated heterocycles. The van der Waals surface area contributed by atoms with Crippen molar-refractivity contribution >= 4 is 11.7 Å². The van der Waals surface area contributed by atoms with Gasteiger partial charge in [-0.3, -0.25) is 4.79 Å². The third-order valence-corrected chi connectivity index (χ3v) is 5.70. The molecule has 0 atom stereocenters. The Hall–Kier alpha value is -3.32. The van der Waals surface area contributed by atoms with Crippen molar-refractivity contribution in [1.29, 1.82) is 0 Å². The average Bonchev–Trinajstić information content (AvgIpc) is 3.09. The minimum atomic E-state index is -0.469. The van der Waals surface area contributed by atoms with Gasteiger partial charge in [0.25, 0.3) is 5.91 Å². The predicted octanol–water partition coefficient (Wildman–Crippen LogP) is 2.90. The number of nitrogens with zero attached hydrogens (tertiary/aromatic N) is 3. The molecular weight excluding hydrogens is 366 g/mol. The maximum atomic E-state index is 12.3. The fraction of sp³-hybridized carbons (Fsp3) is 0.273. The molecule has 0 unspecified atom stereocenters. The number of anilines is 1. The van der Waals surface area contributed by atoms with Crippen LogP contribution in [-0.4, -0.2) is 47.3 Å². The molecule has 0 bridgehead atoms. The van der Waals surface area contributed by atoms with Gasteiger partial charge in [-0.25, -0.2) is 4.68 Å². The third-order valence-electron chi connectivity index (χ3n) is 5.70. The van der Waals surface area contributed by atoms with Crippen LogP contribution < -0.4 is 15.8 Å². The lowest BCUT2D eigenvalue weighted by Crippen LogP contribution is -2.63. The van der Waals surface area contributed by atoms with E-state index >= 15 is 0 Å². The van der Waals surface area contributed by atoms with Crippen LogP contribution >= 0.6 is 0 Å². The summed E-state index contributed by atoms with van der Waals surface area (Å²) in [7, 11) is 2.10. The van der Waals surface area contributed by atoms with Crippen molar-refractivity contribution in [3.05, 3.63) is 60.2 Å². The van der Waals surface area contributed by atoms with Gasteiger partial charge in [0, 0.05) is 25.2 Å². The highest BCUT2D eigenvalue weighted by atomic mass is 16.5. The molecule has 0 radical (unpaired) electrons. The van der Waals surface area contributed by atoms with Crippen LogP contribution in [-0.2, 0) is 5.54 Å². The quantitative estimate of drug-likeness (QED) is 0.717. The minimum Gasteiger partial charge on any atom is -0.457 e. The van der Waals surface area contributed by atoms with Gasteiger partial charge in [-0.15, -0.1) is 0 Å². The molecule has 29 heavy (non-hydrogen) atoms. The zero-order valence-corrected chi connectivity index (χ0v) is 16.3. The fourth-order valence-corrected chi connectivity index (χ4v) is 4.44. The number of ether oxygens (including phenoxy) is 1. The SMILES string of the molecule is CN1CC2(CCNc3c(C(N)=O)c(-c4ccc(Oc5ccccc5)cc4)nn32)C1. The van der Waals surface area contributed by atoms with E-state index in [2.05, 4.69) is 17.3 Å². The first kappa shape index (κ1) is 17.8. The summed E-state index contributed by atoms with van der Waals surface area (Å²) in [5.41, 5.74) is 7.60. The predicted molar refractivity (Wildman–Crippen MR) is 111 cm³/mol. The Labute approximate surface area is 169 Å². The van der Waals surface area contributed by atoms with Gasteiger partial charge in [0.1, 0.15) is 28.6 Å². The van der Waals surface area contributed by atoms with Crippen LogP contribution in [0.5, 0.6) is 11.5 Å². The van der Waals surface area contributed by atoms with Crippen LogP contribution in [0.15, 0.2) is 54.6 Å². The summed E-state index contributed by atoms with van der Waals surface area (Å²) in [6.07, 6.45) is 0.980. The Bertz CT molecular complexity index is 1050. The molecule has 1 spiro atoms. The summed E-state index contributed by atoms with van der Waals surface area (Å²) < 4.78 is 7.85. The Morgan fingerprint density at radius 2 is 1.79 bits per heavy atom. The van der Waals surface area contributed by atoms with Crippen LogP contribution in [0.25, 0.3) is 11.3 Å². The van der Waals surface area contributed by atoms with E-state index in [1.54, 1.807) is 0 Å². The number of benzene rings is 2. The van der Waals surface area contributed by atoms with Gasteiger partial charge in [0.05, 0.1) is 5.54 Å². The van der Waals surface area contributed by atoms with Gasteiger partial charge >= 0.3 is 0 Å². The van der Waals surface area contributed by atoms with E-state index in [1.807, 2.05) is 59.3 Å². The number of rotatable bonds is 4. The number of carbonyl (C=O) groups excluding carboxylic acids is 1. The molecule has 5 rings (SSSR count). The Balaban J connectivity index is 1.51. The lowest BCUT2D eigenvalue weighted by molar-refractivity contribution is 0.0153. The molecule has 7 heteroatoms. The number of para-hydroxylation sites is 1. The summed E-state index contributed by atoms with van der Waals surface area (Å²) in [6.45, 7) is 2.65. The first-order chi connectivity index (χ1) is 14.1. The highest BCUT2D eigenvalue weighted by Crippen LogP contribution is 2.41. The lowest BCUT2D eigenvalue weighted by Gasteiger charge is -2.51. The van der Waals surface area contributed by atoms with E-state index in [0.29, 0.717) is 11.3 Å². The number of carbonyl (C=O) groups is 1. The molecule has 2 aromatic carbocycles. The van der Waals surface area contributed by atoms with Crippen LogP contribution in [0.3, 0.4) is 0 Å². The molecule has 3 N–H and O–H groups in total. The molecular formula is C22H23N5O2. The first-order valence-electron chi connectivity index (χ1n) is 9.75. The van der Waals surface area contributed by atoms with E-state index in [-0.39, 0.29) is 5.54 Å². The van der Waals surface area contributed by atoms with Crippen molar-refractivity contribution in [2.75, 3.05) is 32.0 Å². The van der Waals surface area contributed by atoms with E-state index in [1.165, 1.54) is 0 Å². The van der Waals surface area contributed by atoms with Gasteiger partial charge in [0.15, 0.2) is 0 Å². The third kappa shape index (κ3) is 2.94. The molecule has 0 aliphatic carbocycles. The molecule has 7 nitrogen and oxygen atoms in total. The number of aromatic nitrogens is 2. The molecule has 3 aromatic rings. The van der Waals surface area contributed by atoms with E-state index in [4.69, 9.17) is 15.6 Å². The van der Waals surface area contributed by atoms with Crippen molar-refractivity contribution in [2.45, 2.75) is 12.0 Å². The first-order valence-corrected chi connectivity index (χ1v) is 9.75. The standard InChI is InChI=1S/C22H23N5O2/c1-26-13-22(14-26)11-12-24-21-18(20(23)28)19(25-27(21)22)15-7-9-17(10-8-15)29-16-5-3-2-4-6-16/h2-10,24H,11-14H2,1H3,(H2,23,28). The largest absolute Gasteiger partial charge is 0.457 e. The lowest BCUT2D eigenvalue weighted by atomic mass is 9.85. The Kier molecular flexibility index (Phi) is 4.06. The Morgan fingerprint density at radius 1 is 1.10 bits per heavy atom. The summed E-state index contributed by atoms with van der Waals surface area (Å²) in [6, 6.07) is 17.2. The number of hydrogen-bond donors (Lipinski definition) is 2. The minimum absolute atomic E-state index is 0.0614. The van der Waals surface area contributed by atoms with Crippen molar-refractivity contribution < 1.29 is 9.53 Å². The normalized spacial score (nSPS) is 17.3. The van der Waals surface area contributed by atoms with E-state index in [9.17, 15) is 4.79 Å². The number of nitrogens with two attached hydrogens (primary N) is 1. The molecule has 2 aliphatic rings. The van der Waals surface area contributed by atoms with Crippen molar-refractivity contribution in [2.24, 2.45) is 5.73 Å². The maximum Gasteiger partial charge on any atom is 0.254 e. The van der Waals surface area contributed by atoms with Gasteiger partial charge in [0.2, 0.25) is 0 Å². The summed E-state index contributed by atoms with van der Waals surface area (Å²) >= 11 is 0. The summed E-state index contributed by atoms with van der Waals surface area (Å²) in [5, 5.41) is 8.19. The number of primary amides is 1. The molecule has 0 saturated carbocycles. The molecule has 1 amide bonds. The zero-order valence-electron chi connectivity index (χ0n) is 16.3. The van der Waals surface area contributed by atoms with Crippen LogP contribution in [0.4, 0.5) is 5.82 Å². The van der Waals surface area contributed by atoms with Crippen molar-refractivity contribution in [3.63, 3.8) is 0 Å². The number of likely N-dealkylation sites (N-methyl/N-ethyl adjacent to an activating group) is 1. The maximum absolute atomic E-state index is 12.3. The monoisotopic (exact) mass is 389 g/mol. The molecule has 3 heterocycles. The molecule has 1 fully saturated rings. The smallest absolute Gasteiger partial charge is 0.254 e. The number of likely N-dealkylation sites (tertiary alicyclic amines) is 1. The van der Waals surface area contributed by atoms with Gasteiger partial charge in [-0.2, -0.15) is 5.10 Å². The fourth-order valence-electron chi connectivity index (χ4n) is 4.44. The average molecular weight is 389 g/mol. The summed E-state index contributed by atoms with van der Waals surface area (Å²) in [4.78, 5) is 14.6. The number of amides is 1. The Morgan fingerprint density at radius 3 is 2.45 bits per heavy atom. The van der Waals surface area contributed by atoms with Crippen molar-refractivity contribution in [3.8, 4) is 22.8 Å². The summed E-state index contributed by atoms with van der Waals surface area (Å²) in [5.74, 6) is 1.76. The van der Waals surface area contributed by atoms with E-state index < -0.39 is 5.91 Å².